The Morgan fingerprint density at radius 3 is 2.64 bits per heavy atom. The molecule has 154 valence electrons. The van der Waals surface area contributed by atoms with Crippen molar-refractivity contribution >= 4 is 11.8 Å². The molecule has 2 amide bonds. The van der Waals surface area contributed by atoms with E-state index >= 15 is 0 Å². The Balaban J connectivity index is 1.45. The Hall–Kier alpha value is -2.46. The molecule has 0 unspecified atom stereocenters. The van der Waals surface area contributed by atoms with Crippen LogP contribution >= 0.6 is 0 Å². The van der Waals surface area contributed by atoms with Crippen molar-refractivity contribution in [2.24, 2.45) is 0 Å². The number of rotatable bonds is 6. The van der Waals surface area contributed by atoms with Gasteiger partial charge in [0.25, 0.3) is 5.56 Å². The minimum atomic E-state index is -0.609. The fourth-order valence-corrected chi connectivity index (χ4v) is 3.74. The van der Waals surface area contributed by atoms with E-state index in [1.165, 1.54) is 12.3 Å². The zero-order valence-corrected chi connectivity index (χ0v) is 16.1. The van der Waals surface area contributed by atoms with Crippen LogP contribution in [0.1, 0.15) is 19.3 Å². The van der Waals surface area contributed by atoms with Crippen molar-refractivity contribution in [1.29, 1.82) is 0 Å². The van der Waals surface area contributed by atoms with Crippen molar-refractivity contribution in [2.45, 2.75) is 37.9 Å². The van der Waals surface area contributed by atoms with Crippen LogP contribution in [0.25, 0.3) is 0 Å². The quantitative estimate of drug-likeness (QED) is 0.599. The van der Waals surface area contributed by atoms with Crippen molar-refractivity contribution in [3.63, 3.8) is 0 Å². The molecule has 0 radical (unpaired) electrons. The number of likely N-dealkylation sites (N-methyl/N-ethyl adjacent to an activating group) is 1. The third kappa shape index (κ3) is 5.08. The molecule has 2 saturated heterocycles. The number of hydrogen-bond donors (Lipinski definition) is 2. The number of hydrogen-bond acceptors (Lipinski definition) is 6. The lowest BCUT2D eigenvalue weighted by atomic mass is 10.1. The molecule has 0 aromatic carbocycles. The molecule has 10 heteroatoms. The van der Waals surface area contributed by atoms with Crippen LogP contribution in [0.3, 0.4) is 0 Å². The van der Waals surface area contributed by atoms with Gasteiger partial charge < -0.3 is 15.0 Å². The Bertz CT molecular complexity index is 813. The first kappa shape index (κ1) is 20.3. The van der Waals surface area contributed by atoms with Gasteiger partial charge in [0.15, 0.2) is 0 Å². The van der Waals surface area contributed by atoms with Gasteiger partial charge in [-0.15, -0.1) is 0 Å². The van der Waals surface area contributed by atoms with Crippen molar-refractivity contribution < 1.29 is 14.3 Å². The lowest BCUT2D eigenvalue weighted by Gasteiger charge is -2.30. The Labute approximate surface area is 162 Å². The maximum Gasteiger partial charge on any atom is 0.328 e. The molecule has 0 saturated carbocycles. The number of H-pyrrole nitrogens is 1. The van der Waals surface area contributed by atoms with Crippen LogP contribution in [0, 0.1) is 0 Å². The highest BCUT2D eigenvalue weighted by atomic mass is 16.5. The van der Waals surface area contributed by atoms with Gasteiger partial charge in [-0.1, -0.05) is 0 Å². The number of carbonyl (C=O) groups excluding carboxylic acids is 2. The van der Waals surface area contributed by atoms with Gasteiger partial charge >= 0.3 is 5.69 Å². The van der Waals surface area contributed by atoms with Gasteiger partial charge in [-0.3, -0.25) is 28.8 Å². The summed E-state index contributed by atoms with van der Waals surface area (Å²) in [5, 5.41) is 2.84. The van der Waals surface area contributed by atoms with E-state index < -0.39 is 11.2 Å². The molecule has 3 heterocycles. The number of amides is 2. The van der Waals surface area contributed by atoms with Crippen LogP contribution in [0.15, 0.2) is 21.9 Å². The predicted octanol–water partition coefficient (Wildman–Crippen LogP) is -1.64. The molecule has 3 rings (SSSR count). The van der Waals surface area contributed by atoms with Gasteiger partial charge in [0, 0.05) is 50.4 Å². The minimum Gasteiger partial charge on any atom is -0.378 e. The highest BCUT2D eigenvalue weighted by Crippen LogP contribution is 2.24. The second-order valence-electron chi connectivity index (χ2n) is 7.29. The molecule has 0 aliphatic carbocycles. The van der Waals surface area contributed by atoms with Gasteiger partial charge in [-0.05, 0) is 19.9 Å². The monoisotopic (exact) mass is 393 g/mol. The lowest BCUT2D eigenvalue weighted by molar-refractivity contribution is -0.136. The lowest BCUT2D eigenvalue weighted by Crippen LogP contribution is -2.45. The summed E-state index contributed by atoms with van der Waals surface area (Å²) in [6, 6.07) is 1.52. The van der Waals surface area contributed by atoms with Crippen LogP contribution < -0.4 is 16.6 Å². The topological polar surface area (TPSA) is 117 Å². The summed E-state index contributed by atoms with van der Waals surface area (Å²) in [7, 11) is 1.98. The molecule has 2 aliphatic heterocycles. The minimum absolute atomic E-state index is 0.148. The molecule has 2 atom stereocenters. The van der Waals surface area contributed by atoms with Gasteiger partial charge in [0.05, 0.1) is 13.2 Å². The number of likely N-dealkylation sites (tertiary alicyclic amines) is 1. The number of morpholine rings is 1. The SMILES string of the molecule is CN1[C@@H](CC(=O)N2CCOCC2)CC[C@H]1CNC(=O)Cn1ccc(=O)[nH]c1=O. The molecule has 10 nitrogen and oxygen atoms in total. The van der Waals surface area contributed by atoms with Crippen LogP contribution in [0.5, 0.6) is 0 Å². The predicted molar refractivity (Wildman–Crippen MR) is 101 cm³/mol. The first-order valence-electron chi connectivity index (χ1n) is 9.58. The maximum absolute atomic E-state index is 12.4. The van der Waals surface area contributed by atoms with Crippen LogP contribution in [0.2, 0.25) is 0 Å². The number of carbonyl (C=O) groups is 2. The molecule has 28 heavy (non-hydrogen) atoms. The van der Waals surface area contributed by atoms with Crippen LogP contribution in [0.4, 0.5) is 0 Å². The van der Waals surface area contributed by atoms with Gasteiger partial charge in [0.1, 0.15) is 6.54 Å². The number of aromatic nitrogens is 2. The molecule has 0 bridgehead atoms. The summed E-state index contributed by atoms with van der Waals surface area (Å²) in [5.74, 6) is -0.141. The first-order chi connectivity index (χ1) is 13.4. The average Bonchev–Trinajstić information content (AvgIpc) is 3.02. The van der Waals surface area contributed by atoms with Crippen LogP contribution in [-0.2, 0) is 20.9 Å². The summed E-state index contributed by atoms with van der Waals surface area (Å²) < 4.78 is 6.44. The molecule has 1 aromatic heterocycles. The van der Waals surface area contributed by atoms with Crippen LogP contribution in [-0.4, -0.2) is 83.1 Å². The Morgan fingerprint density at radius 2 is 1.93 bits per heavy atom. The highest BCUT2D eigenvalue weighted by molar-refractivity contribution is 5.77. The fraction of sp³-hybridized carbons (Fsp3) is 0.667. The zero-order chi connectivity index (χ0) is 20.1. The summed E-state index contributed by atoms with van der Waals surface area (Å²) in [6.07, 6.45) is 3.59. The second kappa shape index (κ2) is 9.16. The van der Waals surface area contributed by atoms with E-state index in [2.05, 4.69) is 15.2 Å². The molecular formula is C18H27N5O5. The first-order valence-corrected chi connectivity index (χ1v) is 9.58. The standard InChI is InChI=1S/C18H27N5O5/c1-21-13(10-17(26)22-6-8-28-9-7-22)2-3-14(21)11-19-16(25)12-23-5-4-15(24)20-18(23)27/h4-5,13-14H,2-3,6-12H2,1H3,(H,19,25)(H,20,24,27)/t13-,14+/m1/s1. The van der Waals surface area contributed by atoms with Crippen molar-refractivity contribution in [2.75, 3.05) is 39.9 Å². The molecular weight excluding hydrogens is 366 g/mol. The fourth-order valence-electron chi connectivity index (χ4n) is 3.74. The summed E-state index contributed by atoms with van der Waals surface area (Å²) in [4.78, 5) is 53.4. The molecule has 0 spiro atoms. The van der Waals surface area contributed by atoms with E-state index in [9.17, 15) is 19.2 Å². The number of nitrogens with zero attached hydrogens (tertiary/aromatic N) is 3. The van der Waals surface area contributed by atoms with E-state index in [0.717, 1.165) is 17.4 Å². The van der Waals surface area contributed by atoms with E-state index in [1.54, 1.807) is 0 Å². The van der Waals surface area contributed by atoms with Crippen molar-refractivity contribution in [1.82, 2.24) is 24.7 Å². The Morgan fingerprint density at radius 1 is 1.21 bits per heavy atom. The van der Waals surface area contributed by atoms with Gasteiger partial charge in [0.2, 0.25) is 11.8 Å². The van der Waals surface area contributed by atoms with Gasteiger partial charge in [-0.2, -0.15) is 0 Å². The summed E-state index contributed by atoms with van der Waals surface area (Å²) in [6.45, 7) is 2.80. The smallest absolute Gasteiger partial charge is 0.328 e. The average molecular weight is 393 g/mol. The van der Waals surface area contributed by atoms with E-state index in [4.69, 9.17) is 4.74 Å². The second-order valence-corrected chi connectivity index (χ2v) is 7.29. The Kier molecular flexibility index (Phi) is 6.63. The molecule has 2 fully saturated rings. The third-order valence-electron chi connectivity index (χ3n) is 5.50. The molecule has 1 aromatic rings. The number of ether oxygens (including phenoxy) is 1. The van der Waals surface area contributed by atoms with E-state index in [-0.39, 0.29) is 30.4 Å². The number of aromatic amines is 1. The van der Waals surface area contributed by atoms with E-state index in [0.29, 0.717) is 39.3 Å². The highest BCUT2D eigenvalue weighted by Gasteiger charge is 2.33. The normalized spacial score (nSPS) is 23.0. The zero-order valence-electron chi connectivity index (χ0n) is 16.1. The third-order valence-corrected chi connectivity index (χ3v) is 5.50. The number of nitrogens with one attached hydrogen (secondary N) is 2. The largest absolute Gasteiger partial charge is 0.378 e. The van der Waals surface area contributed by atoms with Crippen molar-refractivity contribution in [3.8, 4) is 0 Å². The maximum atomic E-state index is 12.4. The van der Waals surface area contributed by atoms with E-state index in [1.807, 2.05) is 11.9 Å². The van der Waals surface area contributed by atoms with Gasteiger partial charge in [-0.25, -0.2) is 4.79 Å². The summed E-state index contributed by atoms with van der Waals surface area (Å²) in [5.41, 5.74) is -1.10. The summed E-state index contributed by atoms with van der Waals surface area (Å²) >= 11 is 0. The molecule has 2 N–H and O–H groups in total. The molecule has 2 aliphatic rings. The van der Waals surface area contributed by atoms with Crippen molar-refractivity contribution in [3.05, 3.63) is 33.1 Å².